The van der Waals surface area contributed by atoms with Gasteiger partial charge in [0.05, 0.1) is 11.6 Å². The van der Waals surface area contributed by atoms with Gasteiger partial charge in [-0.25, -0.2) is 9.37 Å². The fourth-order valence-electron chi connectivity index (χ4n) is 3.29. The van der Waals surface area contributed by atoms with Crippen molar-refractivity contribution in [1.82, 2.24) is 15.2 Å². The smallest absolute Gasteiger partial charge is 0.254 e. The zero-order chi connectivity index (χ0) is 17.6. The van der Waals surface area contributed by atoms with Crippen molar-refractivity contribution in [2.45, 2.75) is 18.9 Å². The van der Waals surface area contributed by atoms with E-state index in [9.17, 15) is 9.18 Å². The SMILES string of the molecule is CNC(=O)c1cccnc1NCC(c1ccccc1F)N1CCCC1. The van der Waals surface area contributed by atoms with E-state index in [0.29, 0.717) is 23.5 Å². The van der Waals surface area contributed by atoms with Crippen LogP contribution in [0.5, 0.6) is 0 Å². The van der Waals surface area contributed by atoms with E-state index in [-0.39, 0.29) is 17.8 Å². The van der Waals surface area contributed by atoms with Gasteiger partial charge in [0.25, 0.3) is 5.91 Å². The van der Waals surface area contributed by atoms with Crippen LogP contribution in [-0.4, -0.2) is 42.5 Å². The van der Waals surface area contributed by atoms with Crippen LogP contribution in [0, 0.1) is 5.82 Å². The van der Waals surface area contributed by atoms with Crippen molar-refractivity contribution in [1.29, 1.82) is 0 Å². The number of hydrogen-bond donors (Lipinski definition) is 2. The molecule has 1 aromatic heterocycles. The summed E-state index contributed by atoms with van der Waals surface area (Å²) in [6.07, 6.45) is 3.89. The summed E-state index contributed by atoms with van der Waals surface area (Å²) in [5.74, 6) is 0.121. The lowest BCUT2D eigenvalue weighted by atomic mass is 10.0. The van der Waals surface area contributed by atoms with Crippen LogP contribution in [0.1, 0.15) is 34.8 Å². The van der Waals surface area contributed by atoms with Crippen molar-refractivity contribution < 1.29 is 9.18 Å². The Hall–Kier alpha value is -2.47. The third-order valence-corrected chi connectivity index (χ3v) is 4.59. The van der Waals surface area contributed by atoms with Crippen molar-refractivity contribution in [3.05, 3.63) is 59.5 Å². The molecule has 1 aliphatic heterocycles. The summed E-state index contributed by atoms with van der Waals surface area (Å²) in [6, 6.07) is 10.2. The van der Waals surface area contributed by atoms with E-state index in [4.69, 9.17) is 0 Å². The minimum Gasteiger partial charge on any atom is -0.367 e. The maximum absolute atomic E-state index is 14.3. The Balaban J connectivity index is 1.82. The van der Waals surface area contributed by atoms with Crippen LogP contribution in [0.4, 0.5) is 10.2 Å². The first-order chi connectivity index (χ1) is 12.2. The lowest BCUT2D eigenvalue weighted by Gasteiger charge is -2.29. The van der Waals surface area contributed by atoms with Crippen LogP contribution in [-0.2, 0) is 0 Å². The summed E-state index contributed by atoms with van der Waals surface area (Å²) in [5.41, 5.74) is 1.16. The van der Waals surface area contributed by atoms with Gasteiger partial charge in [0.1, 0.15) is 11.6 Å². The molecule has 0 radical (unpaired) electrons. The number of nitrogens with zero attached hydrogens (tertiary/aromatic N) is 2. The molecule has 2 N–H and O–H groups in total. The third kappa shape index (κ3) is 3.96. The van der Waals surface area contributed by atoms with Gasteiger partial charge in [0.15, 0.2) is 0 Å². The highest BCUT2D eigenvalue weighted by atomic mass is 19.1. The van der Waals surface area contributed by atoms with Gasteiger partial charge in [-0.15, -0.1) is 0 Å². The zero-order valence-corrected chi connectivity index (χ0v) is 14.3. The van der Waals surface area contributed by atoms with E-state index in [1.165, 1.54) is 6.07 Å². The maximum Gasteiger partial charge on any atom is 0.254 e. The Bertz CT molecular complexity index is 731. The number of aromatic nitrogens is 1. The number of carbonyl (C=O) groups excluding carboxylic acids is 1. The largest absolute Gasteiger partial charge is 0.367 e. The first-order valence-corrected chi connectivity index (χ1v) is 8.60. The molecule has 1 saturated heterocycles. The van der Waals surface area contributed by atoms with Crippen LogP contribution in [0.15, 0.2) is 42.6 Å². The number of rotatable bonds is 6. The molecule has 0 saturated carbocycles. The second-order valence-corrected chi connectivity index (χ2v) is 6.14. The molecule has 1 atom stereocenters. The lowest BCUT2D eigenvalue weighted by Crippen LogP contribution is -2.32. The minimum atomic E-state index is -0.200. The molecule has 1 fully saturated rings. The van der Waals surface area contributed by atoms with Crippen molar-refractivity contribution in [2.24, 2.45) is 0 Å². The molecule has 0 spiro atoms. The molecule has 1 amide bonds. The zero-order valence-electron chi connectivity index (χ0n) is 14.3. The van der Waals surface area contributed by atoms with Crippen molar-refractivity contribution >= 4 is 11.7 Å². The highest BCUT2D eigenvalue weighted by Gasteiger charge is 2.26. The first kappa shape index (κ1) is 17.4. The number of nitrogens with one attached hydrogen (secondary N) is 2. The molecular weight excluding hydrogens is 319 g/mol. The summed E-state index contributed by atoms with van der Waals surface area (Å²) in [6.45, 7) is 2.39. The molecule has 2 aromatic rings. The number of halogens is 1. The number of carbonyl (C=O) groups is 1. The van der Waals surface area contributed by atoms with Gasteiger partial charge in [0.2, 0.25) is 0 Å². The monoisotopic (exact) mass is 342 g/mol. The van der Waals surface area contributed by atoms with Crippen LogP contribution < -0.4 is 10.6 Å². The average Bonchev–Trinajstić information content (AvgIpc) is 3.17. The van der Waals surface area contributed by atoms with Gasteiger partial charge in [0, 0.05) is 25.4 Å². The Morgan fingerprint density at radius 3 is 2.72 bits per heavy atom. The quantitative estimate of drug-likeness (QED) is 0.848. The van der Waals surface area contributed by atoms with E-state index in [1.54, 1.807) is 31.4 Å². The summed E-state index contributed by atoms with van der Waals surface area (Å²) >= 11 is 0. The van der Waals surface area contributed by atoms with E-state index in [2.05, 4.69) is 20.5 Å². The molecular formula is C19H23FN4O. The van der Waals surface area contributed by atoms with E-state index >= 15 is 0 Å². The van der Waals surface area contributed by atoms with Gasteiger partial charge in [-0.05, 0) is 44.1 Å². The molecule has 5 nitrogen and oxygen atoms in total. The van der Waals surface area contributed by atoms with E-state index < -0.39 is 0 Å². The van der Waals surface area contributed by atoms with Gasteiger partial charge < -0.3 is 10.6 Å². The normalized spacial score (nSPS) is 15.8. The number of anilines is 1. The van der Waals surface area contributed by atoms with Crippen molar-refractivity contribution in [3.8, 4) is 0 Å². The van der Waals surface area contributed by atoms with E-state index in [1.807, 2.05) is 12.1 Å². The summed E-state index contributed by atoms with van der Waals surface area (Å²) < 4.78 is 14.3. The number of likely N-dealkylation sites (tertiary alicyclic amines) is 1. The highest BCUT2D eigenvalue weighted by molar-refractivity contribution is 5.98. The molecule has 25 heavy (non-hydrogen) atoms. The standard InChI is InChI=1S/C19H23FN4O/c1-21-19(25)15-8-6-10-22-18(15)23-13-17(24-11-4-5-12-24)14-7-2-3-9-16(14)20/h2-3,6-10,17H,4-5,11-13H2,1H3,(H,21,25)(H,22,23). The second kappa shape index (κ2) is 8.07. The van der Waals surface area contributed by atoms with Gasteiger partial charge >= 0.3 is 0 Å². The van der Waals surface area contributed by atoms with Gasteiger partial charge in [-0.1, -0.05) is 18.2 Å². The van der Waals surface area contributed by atoms with Gasteiger partial charge in [-0.2, -0.15) is 0 Å². The summed E-state index contributed by atoms with van der Waals surface area (Å²) in [5, 5.41) is 5.87. The molecule has 3 rings (SSSR count). The molecule has 2 heterocycles. The first-order valence-electron chi connectivity index (χ1n) is 8.60. The summed E-state index contributed by atoms with van der Waals surface area (Å²) in [4.78, 5) is 18.6. The highest BCUT2D eigenvalue weighted by Crippen LogP contribution is 2.27. The number of pyridine rings is 1. The van der Waals surface area contributed by atoms with Crippen LogP contribution in [0.3, 0.4) is 0 Å². The maximum atomic E-state index is 14.3. The predicted octanol–water partition coefficient (Wildman–Crippen LogP) is 2.83. The fourth-order valence-corrected chi connectivity index (χ4v) is 3.29. The Kier molecular flexibility index (Phi) is 5.60. The Labute approximate surface area is 147 Å². The predicted molar refractivity (Wildman–Crippen MR) is 96.1 cm³/mol. The van der Waals surface area contributed by atoms with Gasteiger partial charge in [-0.3, -0.25) is 9.69 Å². The number of hydrogen-bond acceptors (Lipinski definition) is 4. The molecule has 6 heteroatoms. The lowest BCUT2D eigenvalue weighted by molar-refractivity contribution is 0.0963. The minimum absolute atomic E-state index is 0.0942. The molecule has 0 bridgehead atoms. The number of benzene rings is 1. The fraction of sp³-hybridized carbons (Fsp3) is 0.368. The van der Waals surface area contributed by atoms with Crippen molar-refractivity contribution in [3.63, 3.8) is 0 Å². The molecule has 1 unspecified atom stereocenters. The molecule has 1 aliphatic rings. The summed E-state index contributed by atoms with van der Waals surface area (Å²) in [7, 11) is 1.59. The van der Waals surface area contributed by atoms with Crippen LogP contribution in [0.25, 0.3) is 0 Å². The van der Waals surface area contributed by atoms with Crippen LogP contribution >= 0.6 is 0 Å². The third-order valence-electron chi connectivity index (χ3n) is 4.59. The van der Waals surface area contributed by atoms with E-state index in [0.717, 1.165) is 25.9 Å². The van der Waals surface area contributed by atoms with Crippen molar-refractivity contribution in [2.75, 3.05) is 32.0 Å². The van der Waals surface area contributed by atoms with Crippen LogP contribution in [0.2, 0.25) is 0 Å². The molecule has 0 aliphatic carbocycles. The Morgan fingerprint density at radius 2 is 2.00 bits per heavy atom. The molecule has 132 valence electrons. The topological polar surface area (TPSA) is 57.3 Å². The number of amides is 1. The average molecular weight is 342 g/mol. The molecule has 1 aromatic carbocycles. The Morgan fingerprint density at radius 1 is 1.24 bits per heavy atom. The second-order valence-electron chi connectivity index (χ2n) is 6.14.